The van der Waals surface area contributed by atoms with Gasteiger partial charge in [-0.15, -0.1) is 0 Å². The van der Waals surface area contributed by atoms with Gasteiger partial charge in [0.05, 0.1) is 11.0 Å². The van der Waals surface area contributed by atoms with Crippen LogP contribution in [-0.2, 0) is 0 Å². The number of benzene rings is 2. The van der Waals surface area contributed by atoms with Crippen molar-refractivity contribution in [3.63, 3.8) is 0 Å². The predicted octanol–water partition coefficient (Wildman–Crippen LogP) is 5.42. The Bertz CT molecular complexity index is 1170. The summed E-state index contributed by atoms with van der Waals surface area (Å²) in [5, 5.41) is 1.22. The van der Waals surface area contributed by atoms with E-state index in [1.165, 1.54) is 30.3 Å². The highest BCUT2D eigenvalue weighted by Crippen LogP contribution is 2.25. The molecular weight excluding hydrogens is 402 g/mol. The van der Waals surface area contributed by atoms with Crippen molar-refractivity contribution in [2.75, 3.05) is 0 Å². The van der Waals surface area contributed by atoms with Gasteiger partial charge in [0.15, 0.2) is 5.43 Å². The standard InChI is InChI=1S/C10H7BrFN.C10H8FNO/c1-6-4-7(12)5-8-9(11)2-3-13-10(6)8;1-6-4-7(11)5-8-9(13)2-3-12-10(6)8/h2-5H,1H3;2-5H,1H3,(H,12,13). The van der Waals surface area contributed by atoms with Gasteiger partial charge in [0.2, 0.25) is 0 Å². The summed E-state index contributed by atoms with van der Waals surface area (Å²) in [7, 11) is 0. The van der Waals surface area contributed by atoms with Crippen molar-refractivity contribution in [1.29, 1.82) is 0 Å². The second kappa shape index (κ2) is 7.33. The van der Waals surface area contributed by atoms with Gasteiger partial charge >= 0.3 is 0 Å². The van der Waals surface area contributed by atoms with E-state index in [2.05, 4.69) is 25.9 Å². The second-order valence-electron chi connectivity index (χ2n) is 5.90. The molecule has 0 spiro atoms. The van der Waals surface area contributed by atoms with Gasteiger partial charge in [-0.2, -0.15) is 0 Å². The number of H-pyrrole nitrogens is 1. The number of hydrogen-bond acceptors (Lipinski definition) is 2. The minimum atomic E-state index is -0.373. The average molecular weight is 417 g/mol. The van der Waals surface area contributed by atoms with Crippen LogP contribution in [0.5, 0.6) is 0 Å². The minimum Gasteiger partial charge on any atom is -0.361 e. The second-order valence-corrected chi connectivity index (χ2v) is 6.75. The molecule has 1 N–H and O–H groups in total. The first-order valence-electron chi connectivity index (χ1n) is 7.84. The van der Waals surface area contributed by atoms with E-state index >= 15 is 0 Å². The lowest BCUT2D eigenvalue weighted by atomic mass is 10.1. The fourth-order valence-electron chi connectivity index (χ4n) is 2.78. The van der Waals surface area contributed by atoms with Crippen LogP contribution in [0.4, 0.5) is 8.78 Å². The Balaban J connectivity index is 0.000000151. The molecule has 0 aliphatic rings. The molecule has 0 fully saturated rings. The molecule has 0 amide bonds. The first kappa shape index (κ1) is 18.2. The normalized spacial score (nSPS) is 10.7. The summed E-state index contributed by atoms with van der Waals surface area (Å²) in [5.74, 6) is -0.597. The molecule has 0 saturated heterocycles. The van der Waals surface area contributed by atoms with Gasteiger partial charge in [-0.05, 0) is 55.3 Å². The fourth-order valence-corrected chi connectivity index (χ4v) is 3.20. The Labute approximate surface area is 156 Å². The maximum absolute atomic E-state index is 13.0. The summed E-state index contributed by atoms with van der Waals surface area (Å²) in [6.07, 6.45) is 3.27. The molecule has 0 bridgehead atoms. The van der Waals surface area contributed by atoms with Gasteiger partial charge in [-0.3, -0.25) is 9.78 Å². The molecule has 2 aromatic heterocycles. The molecule has 0 aliphatic heterocycles. The monoisotopic (exact) mass is 416 g/mol. The van der Waals surface area contributed by atoms with Gasteiger partial charge in [0.25, 0.3) is 0 Å². The van der Waals surface area contributed by atoms with Gasteiger partial charge < -0.3 is 4.98 Å². The van der Waals surface area contributed by atoms with Crippen LogP contribution in [0.2, 0.25) is 0 Å². The molecule has 26 heavy (non-hydrogen) atoms. The number of aryl methyl sites for hydroxylation is 2. The summed E-state index contributed by atoms with van der Waals surface area (Å²) in [6, 6.07) is 8.82. The van der Waals surface area contributed by atoms with Crippen molar-refractivity contribution in [1.82, 2.24) is 9.97 Å². The van der Waals surface area contributed by atoms with E-state index in [4.69, 9.17) is 0 Å². The highest BCUT2D eigenvalue weighted by molar-refractivity contribution is 9.10. The molecule has 4 aromatic rings. The van der Waals surface area contributed by atoms with Crippen LogP contribution in [0.1, 0.15) is 11.1 Å². The van der Waals surface area contributed by atoms with Crippen molar-refractivity contribution >= 4 is 37.7 Å². The van der Waals surface area contributed by atoms with Crippen LogP contribution in [0, 0.1) is 25.5 Å². The third-order valence-corrected chi connectivity index (χ3v) is 4.67. The summed E-state index contributed by atoms with van der Waals surface area (Å²) in [4.78, 5) is 18.4. The van der Waals surface area contributed by atoms with Crippen LogP contribution in [0.25, 0.3) is 21.8 Å². The SMILES string of the molecule is Cc1cc(F)cc2c(=O)cc[nH]c12.Cc1cc(F)cc2c(Br)ccnc12. The topological polar surface area (TPSA) is 45.8 Å². The zero-order valence-electron chi connectivity index (χ0n) is 14.1. The Hall–Kier alpha value is -2.60. The largest absolute Gasteiger partial charge is 0.361 e. The molecule has 2 heterocycles. The van der Waals surface area contributed by atoms with E-state index in [1.54, 1.807) is 25.4 Å². The number of aromatic amines is 1. The molecule has 0 radical (unpaired) electrons. The molecule has 132 valence electrons. The molecule has 3 nitrogen and oxygen atoms in total. The molecule has 0 atom stereocenters. The van der Waals surface area contributed by atoms with Crippen LogP contribution in [0.15, 0.2) is 58.1 Å². The first-order valence-corrected chi connectivity index (χ1v) is 8.64. The van der Waals surface area contributed by atoms with E-state index < -0.39 is 0 Å². The van der Waals surface area contributed by atoms with Crippen LogP contribution in [0.3, 0.4) is 0 Å². The van der Waals surface area contributed by atoms with E-state index in [0.717, 1.165) is 26.5 Å². The average Bonchev–Trinajstić information content (AvgIpc) is 2.57. The van der Waals surface area contributed by atoms with E-state index in [0.29, 0.717) is 10.9 Å². The van der Waals surface area contributed by atoms with Crippen molar-refractivity contribution in [2.24, 2.45) is 0 Å². The van der Waals surface area contributed by atoms with Gasteiger partial charge in [0.1, 0.15) is 11.6 Å². The van der Waals surface area contributed by atoms with Crippen LogP contribution in [-0.4, -0.2) is 9.97 Å². The minimum absolute atomic E-state index is 0.156. The Morgan fingerprint density at radius 2 is 1.62 bits per heavy atom. The van der Waals surface area contributed by atoms with Crippen molar-refractivity contribution < 1.29 is 8.78 Å². The van der Waals surface area contributed by atoms with Gasteiger partial charge in [-0.25, -0.2) is 8.78 Å². The Morgan fingerprint density at radius 3 is 2.35 bits per heavy atom. The van der Waals surface area contributed by atoms with Gasteiger partial charge in [0, 0.05) is 33.7 Å². The number of halogens is 3. The maximum Gasteiger partial charge on any atom is 0.189 e. The number of rotatable bonds is 0. The highest BCUT2D eigenvalue weighted by Gasteiger charge is 2.04. The lowest BCUT2D eigenvalue weighted by molar-refractivity contribution is 0.628. The molecule has 0 aliphatic carbocycles. The van der Waals surface area contributed by atoms with Crippen molar-refractivity contribution in [2.45, 2.75) is 13.8 Å². The van der Waals surface area contributed by atoms with Crippen molar-refractivity contribution in [3.8, 4) is 0 Å². The predicted molar refractivity (Wildman–Crippen MR) is 103 cm³/mol. The molecule has 0 unspecified atom stereocenters. The highest BCUT2D eigenvalue weighted by atomic mass is 79.9. The Morgan fingerprint density at radius 1 is 0.962 bits per heavy atom. The molecule has 0 saturated carbocycles. The summed E-state index contributed by atoms with van der Waals surface area (Å²) < 4.78 is 26.8. The summed E-state index contributed by atoms with van der Waals surface area (Å²) in [5.41, 5.74) is 2.99. The zero-order valence-corrected chi connectivity index (χ0v) is 15.7. The molecular formula is C20H15BrF2N2O. The third-order valence-electron chi connectivity index (χ3n) is 3.98. The zero-order chi connectivity index (χ0) is 18.8. The number of fused-ring (bicyclic) bond motifs is 2. The lowest BCUT2D eigenvalue weighted by Crippen LogP contribution is -2.01. The molecule has 2 aromatic carbocycles. The van der Waals surface area contributed by atoms with Crippen LogP contribution >= 0.6 is 15.9 Å². The number of hydrogen-bond donors (Lipinski definition) is 1. The van der Waals surface area contributed by atoms with Crippen LogP contribution < -0.4 is 5.43 Å². The summed E-state index contributed by atoms with van der Waals surface area (Å²) in [6.45, 7) is 3.62. The van der Waals surface area contributed by atoms with Crippen molar-refractivity contribution in [3.05, 3.63) is 86.2 Å². The Kier molecular flexibility index (Phi) is 5.13. The number of nitrogens with zero attached hydrogens (tertiary/aromatic N) is 1. The number of nitrogens with one attached hydrogen (secondary N) is 1. The molecule has 4 rings (SSSR count). The van der Waals surface area contributed by atoms with Gasteiger partial charge in [-0.1, -0.05) is 15.9 Å². The van der Waals surface area contributed by atoms with E-state index in [9.17, 15) is 13.6 Å². The first-order chi connectivity index (χ1) is 12.4. The maximum atomic E-state index is 13.0. The number of pyridine rings is 2. The van der Waals surface area contributed by atoms with E-state index in [1.807, 2.05) is 6.92 Å². The summed E-state index contributed by atoms with van der Waals surface area (Å²) >= 11 is 3.36. The quantitative estimate of drug-likeness (QED) is 0.415. The fraction of sp³-hybridized carbons (Fsp3) is 0.100. The smallest absolute Gasteiger partial charge is 0.189 e. The molecule has 6 heteroatoms. The third kappa shape index (κ3) is 3.65. The number of aromatic nitrogens is 2. The van der Waals surface area contributed by atoms with E-state index in [-0.39, 0.29) is 17.1 Å². The lowest BCUT2D eigenvalue weighted by Gasteiger charge is -2.02.